The highest BCUT2D eigenvalue weighted by atomic mass is 16.7. The van der Waals surface area contributed by atoms with Gasteiger partial charge >= 0.3 is 7.12 Å². The SMILES string of the molecule is CC1(C)COB(c2ccccc2)O1. The Labute approximate surface area is 79.0 Å². The van der Waals surface area contributed by atoms with E-state index in [-0.39, 0.29) is 12.7 Å². The van der Waals surface area contributed by atoms with Crippen molar-refractivity contribution in [1.82, 2.24) is 0 Å². The Hall–Kier alpha value is -0.795. The van der Waals surface area contributed by atoms with Gasteiger partial charge in [-0.1, -0.05) is 30.3 Å². The average molecular weight is 176 g/mol. The molecular formula is C10H13BO2. The van der Waals surface area contributed by atoms with Gasteiger partial charge in [-0.05, 0) is 19.3 Å². The molecule has 3 heteroatoms. The summed E-state index contributed by atoms with van der Waals surface area (Å²) in [6.07, 6.45) is 0. The van der Waals surface area contributed by atoms with Crippen molar-refractivity contribution in [1.29, 1.82) is 0 Å². The minimum Gasteiger partial charge on any atom is -0.404 e. The van der Waals surface area contributed by atoms with E-state index in [4.69, 9.17) is 9.31 Å². The molecule has 0 saturated carbocycles. The predicted octanol–water partition coefficient (Wildman–Crippen LogP) is 1.21. The summed E-state index contributed by atoms with van der Waals surface area (Å²) < 4.78 is 11.2. The average Bonchev–Trinajstić information content (AvgIpc) is 2.48. The van der Waals surface area contributed by atoms with Crippen LogP contribution in [0.3, 0.4) is 0 Å². The molecule has 0 aromatic heterocycles. The van der Waals surface area contributed by atoms with Crippen LogP contribution in [-0.2, 0) is 9.31 Å². The van der Waals surface area contributed by atoms with Crippen molar-refractivity contribution in [2.24, 2.45) is 0 Å². The zero-order chi connectivity index (χ0) is 9.31. The van der Waals surface area contributed by atoms with Gasteiger partial charge in [0.1, 0.15) is 0 Å². The lowest BCUT2D eigenvalue weighted by Gasteiger charge is -2.15. The largest absolute Gasteiger partial charge is 0.494 e. The predicted molar refractivity (Wildman–Crippen MR) is 52.9 cm³/mol. The van der Waals surface area contributed by atoms with Crippen molar-refractivity contribution >= 4 is 12.6 Å². The molecule has 1 aliphatic rings. The Balaban J connectivity index is 2.13. The van der Waals surface area contributed by atoms with Gasteiger partial charge in [-0.3, -0.25) is 0 Å². The first-order valence-electron chi connectivity index (χ1n) is 4.52. The van der Waals surface area contributed by atoms with Crippen LogP contribution in [0.4, 0.5) is 0 Å². The Kier molecular flexibility index (Phi) is 2.14. The first-order chi connectivity index (χ1) is 6.17. The number of benzene rings is 1. The molecule has 0 unspecified atom stereocenters. The highest BCUT2D eigenvalue weighted by molar-refractivity contribution is 6.61. The molecule has 0 amide bonds. The molecule has 2 rings (SSSR count). The lowest BCUT2D eigenvalue weighted by atomic mass is 9.79. The van der Waals surface area contributed by atoms with Crippen LogP contribution in [0.25, 0.3) is 0 Å². The summed E-state index contributed by atoms with van der Waals surface area (Å²) in [6, 6.07) is 10.0. The second kappa shape index (κ2) is 3.16. The Bertz CT molecular complexity index is 284. The van der Waals surface area contributed by atoms with Crippen LogP contribution in [0.5, 0.6) is 0 Å². The van der Waals surface area contributed by atoms with Crippen LogP contribution >= 0.6 is 0 Å². The molecule has 1 heterocycles. The molecule has 0 aliphatic carbocycles. The van der Waals surface area contributed by atoms with Crippen LogP contribution in [0.1, 0.15) is 13.8 Å². The second-order valence-electron chi connectivity index (χ2n) is 3.93. The van der Waals surface area contributed by atoms with Crippen LogP contribution in [0.15, 0.2) is 30.3 Å². The third kappa shape index (κ3) is 1.93. The molecule has 0 N–H and O–H groups in total. The third-order valence-corrected chi connectivity index (χ3v) is 2.08. The maximum Gasteiger partial charge on any atom is 0.494 e. The Morgan fingerprint density at radius 3 is 2.46 bits per heavy atom. The first-order valence-corrected chi connectivity index (χ1v) is 4.52. The van der Waals surface area contributed by atoms with E-state index in [0.717, 1.165) is 5.46 Å². The molecule has 1 aromatic rings. The molecule has 1 aromatic carbocycles. The van der Waals surface area contributed by atoms with Gasteiger partial charge in [0.2, 0.25) is 0 Å². The number of hydrogen-bond acceptors (Lipinski definition) is 2. The summed E-state index contributed by atoms with van der Waals surface area (Å²) >= 11 is 0. The van der Waals surface area contributed by atoms with Gasteiger partial charge in [-0.2, -0.15) is 0 Å². The normalized spacial score (nSPS) is 20.6. The minimum absolute atomic E-state index is 0.152. The van der Waals surface area contributed by atoms with Crippen molar-refractivity contribution in [2.45, 2.75) is 19.4 Å². The van der Waals surface area contributed by atoms with E-state index in [1.807, 2.05) is 44.2 Å². The van der Waals surface area contributed by atoms with Crippen molar-refractivity contribution in [3.05, 3.63) is 30.3 Å². The zero-order valence-electron chi connectivity index (χ0n) is 7.99. The molecule has 0 spiro atoms. The van der Waals surface area contributed by atoms with E-state index < -0.39 is 0 Å². The lowest BCUT2D eigenvalue weighted by molar-refractivity contribution is 0.137. The molecule has 0 atom stereocenters. The summed E-state index contributed by atoms with van der Waals surface area (Å²) in [6.45, 7) is 4.73. The fourth-order valence-electron chi connectivity index (χ4n) is 1.41. The molecule has 1 aliphatic heterocycles. The van der Waals surface area contributed by atoms with Gasteiger partial charge in [0.05, 0.1) is 12.2 Å². The van der Waals surface area contributed by atoms with E-state index in [1.165, 1.54) is 0 Å². The van der Waals surface area contributed by atoms with Crippen molar-refractivity contribution in [3.8, 4) is 0 Å². The lowest BCUT2D eigenvalue weighted by Crippen LogP contribution is -2.34. The molecule has 0 radical (unpaired) electrons. The molecule has 13 heavy (non-hydrogen) atoms. The van der Waals surface area contributed by atoms with E-state index >= 15 is 0 Å². The van der Waals surface area contributed by atoms with E-state index in [0.29, 0.717) is 6.61 Å². The Morgan fingerprint density at radius 1 is 1.23 bits per heavy atom. The zero-order valence-corrected chi connectivity index (χ0v) is 7.99. The first kappa shape index (κ1) is 8.79. The number of hydrogen-bond donors (Lipinski definition) is 0. The number of rotatable bonds is 1. The maximum absolute atomic E-state index is 5.71. The van der Waals surface area contributed by atoms with Gasteiger partial charge in [0.25, 0.3) is 0 Å². The smallest absolute Gasteiger partial charge is 0.404 e. The van der Waals surface area contributed by atoms with E-state index in [2.05, 4.69) is 0 Å². The maximum atomic E-state index is 5.71. The summed E-state index contributed by atoms with van der Waals surface area (Å²) in [5.41, 5.74) is 0.939. The van der Waals surface area contributed by atoms with Crippen molar-refractivity contribution in [3.63, 3.8) is 0 Å². The monoisotopic (exact) mass is 176 g/mol. The van der Waals surface area contributed by atoms with Crippen molar-refractivity contribution < 1.29 is 9.31 Å². The molecular weight excluding hydrogens is 163 g/mol. The van der Waals surface area contributed by atoms with Gasteiger partial charge in [-0.25, -0.2) is 0 Å². The second-order valence-corrected chi connectivity index (χ2v) is 3.93. The van der Waals surface area contributed by atoms with Crippen molar-refractivity contribution in [2.75, 3.05) is 6.61 Å². The van der Waals surface area contributed by atoms with Crippen LogP contribution in [-0.4, -0.2) is 19.3 Å². The molecule has 68 valence electrons. The standard InChI is InChI=1S/C10H13BO2/c1-10(2)8-12-11(13-10)9-6-4-3-5-7-9/h3-7H,8H2,1-2H3. The topological polar surface area (TPSA) is 18.5 Å². The quantitative estimate of drug-likeness (QED) is 0.598. The summed E-state index contributed by atoms with van der Waals surface area (Å²) in [4.78, 5) is 0. The van der Waals surface area contributed by atoms with E-state index in [1.54, 1.807) is 0 Å². The minimum atomic E-state index is -0.184. The fraction of sp³-hybridized carbons (Fsp3) is 0.400. The van der Waals surface area contributed by atoms with E-state index in [9.17, 15) is 0 Å². The van der Waals surface area contributed by atoms with Gasteiger partial charge in [0, 0.05) is 0 Å². The molecule has 2 nitrogen and oxygen atoms in total. The third-order valence-electron chi connectivity index (χ3n) is 2.08. The van der Waals surface area contributed by atoms with Crippen LogP contribution in [0.2, 0.25) is 0 Å². The summed E-state index contributed by atoms with van der Waals surface area (Å²) in [5, 5.41) is 0. The fourth-order valence-corrected chi connectivity index (χ4v) is 1.41. The summed E-state index contributed by atoms with van der Waals surface area (Å²) in [5.74, 6) is 0. The summed E-state index contributed by atoms with van der Waals surface area (Å²) in [7, 11) is -0.184. The van der Waals surface area contributed by atoms with Crippen LogP contribution < -0.4 is 5.46 Å². The van der Waals surface area contributed by atoms with Gasteiger partial charge < -0.3 is 9.31 Å². The van der Waals surface area contributed by atoms with Crippen LogP contribution in [0, 0.1) is 0 Å². The van der Waals surface area contributed by atoms with Gasteiger partial charge in [0.15, 0.2) is 0 Å². The highest BCUT2D eigenvalue weighted by Gasteiger charge is 2.37. The van der Waals surface area contributed by atoms with Gasteiger partial charge in [-0.15, -0.1) is 0 Å². The molecule has 1 saturated heterocycles. The highest BCUT2D eigenvalue weighted by Crippen LogP contribution is 2.19. The molecule has 0 bridgehead atoms. The Morgan fingerprint density at radius 2 is 1.92 bits per heavy atom. The molecule has 1 fully saturated rings.